The second kappa shape index (κ2) is 7.29. The molecule has 1 aromatic carbocycles. The summed E-state index contributed by atoms with van der Waals surface area (Å²) in [7, 11) is 1.92. The maximum atomic E-state index is 12.8. The molecule has 1 aliphatic heterocycles. The molecule has 1 saturated carbocycles. The van der Waals surface area contributed by atoms with E-state index in [-0.39, 0.29) is 18.0 Å². The van der Waals surface area contributed by atoms with Crippen molar-refractivity contribution < 1.29 is 19.1 Å². The summed E-state index contributed by atoms with van der Waals surface area (Å²) >= 11 is 0. The van der Waals surface area contributed by atoms with Gasteiger partial charge in [0.2, 0.25) is 0 Å². The van der Waals surface area contributed by atoms with E-state index in [2.05, 4.69) is 0 Å². The number of nitrogens with zero attached hydrogens (tertiary/aromatic N) is 1. The van der Waals surface area contributed by atoms with Gasteiger partial charge in [0.25, 0.3) is 0 Å². The van der Waals surface area contributed by atoms with E-state index >= 15 is 0 Å². The third-order valence-electron chi connectivity index (χ3n) is 6.03. The van der Waals surface area contributed by atoms with Gasteiger partial charge in [-0.3, -0.25) is 14.4 Å². The molecular formula is C22H25NO4. The Morgan fingerprint density at radius 3 is 2.67 bits per heavy atom. The van der Waals surface area contributed by atoms with Crippen LogP contribution in [-0.2, 0) is 32.6 Å². The van der Waals surface area contributed by atoms with E-state index in [1.165, 1.54) is 19.3 Å². The lowest BCUT2D eigenvalue weighted by molar-refractivity contribution is -0.147. The first kappa shape index (κ1) is 18.0. The molecule has 1 aromatic heterocycles. The van der Waals surface area contributed by atoms with Crippen LogP contribution in [0.4, 0.5) is 0 Å². The van der Waals surface area contributed by atoms with Crippen molar-refractivity contribution in [2.75, 3.05) is 0 Å². The van der Waals surface area contributed by atoms with Gasteiger partial charge in [0, 0.05) is 30.6 Å². The Balaban J connectivity index is 1.48. The normalized spacial score (nSPS) is 23.7. The Morgan fingerprint density at radius 1 is 1.15 bits per heavy atom. The molecule has 27 heavy (non-hydrogen) atoms. The summed E-state index contributed by atoms with van der Waals surface area (Å²) in [5, 5.41) is 0.978. The van der Waals surface area contributed by atoms with Gasteiger partial charge in [0.1, 0.15) is 0 Å². The van der Waals surface area contributed by atoms with Crippen LogP contribution >= 0.6 is 0 Å². The molecule has 1 aliphatic carbocycles. The molecule has 2 aromatic rings. The minimum atomic E-state index is -1.25. The average molecular weight is 367 g/mol. The van der Waals surface area contributed by atoms with Crippen molar-refractivity contribution in [2.45, 2.75) is 51.0 Å². The van der Waals surface area contributed by atoms with Crippen LogP contribution in [0.1, 0.15) is 44.1 Å². The number of ketones is 2. The number of aryl methyl sites for hydroxylation is 1. The highest BCUT2D eigenvalue weighted by Crippen LogP contribution is 2.32. The summed E-state index contributed by atoms with van der Waals surface area (Å²) < 4.78 is 7.28. The van der Waals surface area contributed by atoms with E-state index in [0.717, 1.165) is 29.3 Å². The zero-order valence-electron chi connectivity index (χ0n) is 15.6. The van der Waals surface area contributed by atoms with Crippen LogP contribution in [0.15, 0.2) is 30.5 Å². The number of hydrogen-bond donors (Lipinski definition) is 0. The number of carbonyl (C=O) groups is 3. The molecule has 2 heterocycles. The molecule has 0 radical (unpaired) electrons. The molecule has 0 N–H and O–H groups in total. The van der Waals surface area contributed by atoms with E-state index in [0.29, 0.717) is 12.3 Å². The Morgan fingerprint density at radius 2 is 1.89 bits per heavy atom. The molecule has 142 valence electrons. The summed E-state index contributed by atoms with van der Waals surface area (Å²) in [5.41, 5.74) is 1.87. The van der Waals surface area contributed by atoms with Crippen molar-refractivity contribution in [3.05, 3.63) is 36.0 Å². The van der Waals surface area contributed by atoms with Gasteiger partial charge in [0.15, 0.2) is 23.6 Å². The van der Waals surface area contributed by atoms with Crippen LogP contribution in [0.25, 0.3) is 10.9 Å². The second-order valence-corrected chi connectivity index (χ2v) is 7.93. The third kappa shape index (κ3) is 3.43. The summed E-state index contributed by atoms with van der Waals surface area (Å²) in [5.74, 6) is -2.18. The molecule has 1 saturated heterocycles. The smallest absolute Gasteiger partial charge is 0.325 e. The van der Waals surface area contributed by atoms with Gasteiger partial charge in [-0.2, -0.15) is 0 Å². The van der Waals surface area contributed by atoms with Gasteiger partial charge < -0.3 is 9.30 Å². The van der Waals surface area contributed by atoms with Gasteiger partial charge >= 0.3 is 5.97 Å². The first-order valence-corrected chi connectivity index (χ1v) is 9.84. The van der Waals surface area contributed by atoms with Crippen LogP contribution in [0.2, 0.25) is 0 Å². The minimum absolute atomic E-state index is 0.0724. The summed E-state index contributed by atoms with van der Waals surface area (Å²) in [4.78, 5) is 37.8. The number of Topliss-reactive ketones (excluding diaryl/α,β-unsaturated/α-hetero) is 2. The summed E-state index contributed by atoms with van der Waals surface area (Å²) in [6, 6.07) is 7.81. The van der Waals surface area contributed by atoms with E-state index in [9.17, 15) is 14.4 Å². The molecule has 2 fully saturated rings. The number of esters is 1. The van der Waals surface area contributed by atoms with Crippen molar-refractivity contribution in [3.63, 3.8) is 0 Å². The molecule has 0 spiro atoms. The Labute approximate surface area is 158 Å². The number of rotatable bonds is 5. The van der Waals surface area contributed by atoms with Gasteiger partial charge in [-0.05, 0) is 24.0 Å². The number of hydrogen-bond acceptors (Lipinski definition) is 4. The molecule has 2 atom stereocenters. The average Bonchev–Trinajstić information content (AvgIpc) is 3.12. The molecular weight excluding hydrogens is 342 g/mol. The fourth-order valence-corrected chi connectivity index (χ4v) is 4.60. The number of cyclic esters (lactones) is 1. The lowest BCUT2D eigenvalue weighted by Crippen LogP contribution is -2.30. The van der Waals surface area contributed by atoms with Gasteiger partial charge in [0.05, 0.1) is 0 Å². The molecule has 2 aliphatic rings. The number of carbonyl (C=O) groups excluding carboxylic acids is 3. The number of benzene rings is 1. The van der Waals surface area contributed by atoms with Crippen molar-refractivity contribution in [1.29, 1.82) is 0 Å². The zero-order valence-corrected chi connectivity index (χ0v) is 15.6. The lowest BCUT2D eigenvalue weighted by atomic mass is 9.83. The monoisotopic (exact) mass is 367 g/mol. The van der Waals surface area contributed by atoms with Crippen LogP contribution in [0, 0.1) is 11.8 Å². The highest BCUT2D eigenvalue weighted by Gasteiger charge is 2.48. The second-order valence-electron chi connectivity index (χ2n) is 7.93. The fraction of sp³-hybridized carbons (Fsp3) is 0.500. The van der Waals surface area contributed by atoms with Gasteiger partial charge in [-0.25, -0.2) is 0 Å². The van der Waals surface area contributed by atoms with E-state index < -0.39 is 18.0 Å². The van der Waals surface area contributed by atoms with Gasteiger partial charge in [-0.15, -0.1) is 0 Å². The van der Waals surface area contributed by atoms with Crippen molar-refractivity contribution in [1.82, 2.24) is 4.57 Å². The molecule has 0 amide bonds. The van der Waals surface area contributed by atoms with Gasteiger partial charge in [-0.1, -0.05) is 50.3 Å². The van der Waals surface area contributed by atoms with Crippen molar-refractivity contribution in [3.8, 4) is 0 Å². The number of ether oxygens (including phenoxy) is 1. The first-order chi connectivity index (χ1) is 13.0. The van der Waals surface area contributed by atoms with Crippen LogP contribution in [0.3, 0.4) is 0 Å². The number of aromatic nitrogens is 1. The van der Waals surface area contributed by atoms with E-state index in [1.54, 1.807) is 0 Å². The van der Waals surface area contributed by atoms with Crippen molar-refractivity contribution >= 4 is 28.4 Å². The maximum Gasteiger partial charge on any atom is 0.325 e. The zero-order chi connectivity index (χ0) is 19.0. The van der Waals surface area contributed by atoms with E-state index in [1.807, 2.05) is 42.1 Å². The predicted octanol–water partition coefficient (Wildman–Crippen LogP) is 3.37. The molecule has 0 bridgehead atoms. The third-order valence-corrected chi connectivity index (χ3v) is 6.03. The van der Waals surface area contributed by atoms with E-state index in [4.69, 9.17) is 4.74 Å². The summed E-state index contributed by atoms with van der Waals surface area (Å²) in [6.45, 7) is 0. The molecule has 5 heteroatoms. The Bertz CT molecular complexity index is 891. The fourth-order valence-electron chi connectivity index (χ4n) is 4.60. The minimum Gasteiger partial charge on any atom is -0.453 e. The topological polar surface area (TPSA) is 65.4 Å². The molecule has 5 nitrogen and oxygen atoms in total. The Kier molecular flexibility index (Phi) is 4.85. The SMILES string of the molecule is Cn1cc(CC(=O)C2C(=O)OC(CC3CCCCC3)C2=O)c2ccccc21. The highest BCUT2D eigenvalue weighted by atomic mass is 16.6. The molecule has 2 unspecified atom stereocenters. The van der Waals surface area contributed by atoms with Crippen LogP contribution in [0.5, 0.6) is 0 Å². The Hall–Kier alpha value is -2.43. The first-order valence-electron chi connectivity index (χ1n) is 9.84. The molecule has 4 rings (SSSR count). The van der Waals surface area contributed by atoms with Crippen LogP contribution < -0.4 is 0 Å². The quantitative estimate of drug-likeness (QED) is 0.600. The van der Waals surface area contributed by atoms with Crippen LogP contribution in [-0.4, -0.2) is 28.2 Å². The standard InChI is InChI=1S/C22H25NO4/c1-23-13-15(16-9-5-6-10-17(16)23)12-18(24)20-21(25)19(27-22(20)26)11-14-7-3-2-4-8-14/h5-6,9-10,13-14,19-20H,2-4,7-8,11-12H2,1H3. The summed E-state index contributed by atoms with van der Waals surface area (Å²) in [6.07, 6.45) is 7.54. The van der Waals surface area contributed by atoms with Crippen molar-refractivity contribution in [2.24, 2.45) is 18.9 Å². The maximum absolute atomic E-state index is 12.8. The lowest BCUT2D eigenvalue weighted by Gasteiger charge is -2.23. The number of para-hydroxylation sites is 1. The number of fused-ring (bicyclic) bond motifs is 1. The predicted molar refractivity (Wildman–Crippen MR) is 101 cm³/mol. The highest BCUT2D eigenvalue weighted by molar-refractivity contribution is 6.22. The largest absolute Gasteiger partial charge is 0.453 e.